The maximum atomic E-state index is 12.2. The second-order valence-corrected chi connectivity index (χ2v) is 5.89. The molecule has 0 aliphatic rings. The van der Waals surface area contributed by atoms with Crippen molar-refractivity contribution < 1.29 is 9.21 Å². The van der Waals surface area contributed by atoms with Crippen LogP contribution in [0.1, 0.15) is 10.4 Å². The molecule has 4 nitrogen and oxygen atoms in total. The minimum Gasteiger partial charge on any atom is -0.409 e. The highest BCUT2D eigenvalue weighted by Gasteiger charge is 2.12. The third-order valence-electron chi connectivity index (χ3n) is 3.09. The number of carbonyl (C=O) groups is 1. The Kier molecular flexibility index (Phi) is 4.31. The van der Waals surface area contributed by atoms with E-state index in [0.717, 1.165) is 10.0 Å². The maximum Gasteiger partial charge on any atom is 0.287 e. The average Bonchev–Trinajstić information content (AvgIpc) is 2.90. The molecule has 22 heavy (non-hydrogen) atoms. The summed E-state index contributed by atoms with van der Waals surface area (Å²) in [7, 11) is 0. The number of benzene rings is 2. The van der Waals surface area contributed by atoms with Crippen molar-refractivity contribution in [1.29, 1.82) is 0 Å². The SMILES string of the molecule is O=C(Cn1nc(-c2ccc(Br)cc2)oc1=S)c1ccccc1. The van der Waals surface area contributed by atoms with Crippen LogP contribution >= 0.6 is 28.1 Å². The predicted molar refractivity (Wildman–Crippen MR) is 89.2 cm³/mol. The van der Waals surface area contributed by atoms with Crippen LogP contribution in [0.25, 0.3) is 11.5 Å². The van der Waals surface area contributed by atoms with Gasteiger partial charge in [0.05, 0.1) is 0 Å². The van der Waals surface area contributed by atoms with E-state index in [1.807, 2.05) is 42.5 Å². The van der Waals surface area contributed by atoms with Gasteiger partial charge in [0, 0.05) is 15.6 Å². The molecule has 110 valence electrons. The van der Waals surface area contributed by atoms with Crippen LogP contribution < -0.4 is 0 Å². The van der Waals surface area contributed by atoms with E-state index in [4.69, 9.17) is 16.6 Å². The minimum absolute atomic E-state index is 0.0584. The Morgan fingerprint density at radius 2 is 1.82 bits per heavy atom. The van der Waals surface area contributed by atoms with E-state index in [1.54, 1.807) is 12.1 Å². The number of aromatic nitrogens is 2. The van der Waals surface area contributed by atoms with E-state index in [1.165, 1.54) is 4.68 Å². The second kappa shape index (κ2) is 6.37. The van der Waals surface area contributed by atoms with Gasteiger partial charge in [-0.15, -0.1) is 5.10 Å². The summed E-state index contributed by atoms with van der Waals surface area (Å²) >= 11 is 8.51. The molecule has 0 fully saturated rings. The van der Waals surface area contributed by atoms with Gasteiger partial charge in [-0.2, -0.15) is 0 Å². The van der Waals surface area contributed by atoms with Crippen molar-refractivity contribution in [2.75, 3.05) is 0 Å². The molecule has 3 rings (SSSR count). The lowest BCUT2D eigenvalue weighted by atomic mass is 10.1. The van der Waals surface area contributed by atoms with Crippen LogP contribution in [0, 0.1) is 4.84 Å². The molecule has 2 aromatic carbocycles. The fourth-order valence-electron chi connectivity index (χ4n) is 1.97. The standard InChI is InChI=1S/C16H11BrN2O2S/c17-13-8-6-12(7-9-13)15-18-19(16(22)21-15)10-14(20)11-4-2-1-3-5-11/h1-9H,10H2. The zero-order valence-corrected chi connectivity index (χ0v) is 13.8. The number of hydrogen-bond acceptors (Lipinski definition) is 4. The average molecular weight is 375 g/mol. The van der Waals surface area contributed by atoms with Crippen LogP contribution in [0.2, 0.25) is 0 Å². The van der Waals surface area contributed by atoms with Gasteiger partial charge in [-0.1, -0.05) is 46.3 Å². The molecule has 0 radical (unpaired) electrons. The summed E-state index contributed by atoms with van der Waals surface area (Å²) in [5.74, 6) is 0.339. The Morgan fingerprint density at radius 1 is 1.14 bits per heavy atom. The molecule has 0 bridgehead atoms. The first-order valence-corrected chi connectivity index (χ1v) is 7.76. The van der Waals surface area contributed by atoms with E-state index >= 15 is 0 Å². The van der Waals surface area contributed by atoms with Gasteiger partial charge in [0.1, 0.15) is 6.54 Å². The van der Waals surface area contributed by atoms with E-state index in [9.17, 15) is 4.79 Å². The zero-order chi connectivity index (χ0) is 15.5. The second-order valence-electron chi connectivity index (χ2n) is 4.63. The summed E-state index contributed by atoms with van der Waals surface area (Å²) in [5, 5.41) is 4.28. The first-order valence-electron chi connectivity index (χ1n) is 6.55. The van der Waals surface area contributed by atoms with E-state index in [2.05, 4.69) is 21.0 Å². The number of nitrogens with zero attached hydrogens (tertiary/aromatic N) is 2. The van der Waals surface area contributed by atoms with Gasteiger partial charge in [0.25, 0.3) is 4.84 Å². The van der Waals surface area contributed by atoms with Gasteiger partial charge in [-0.05, 0) is 36.5 Å². The topological polar surface area (TPSA) is 48.0 Å². The molecule has 1 heterocycles. The van der Waals surface area contributed by atoms with E-state index < -0.39 is 0 Å². The summed E-state index contributed by atoms with van der Waals surface area (Å²) < 4.78 is 7.85. The third-order valence-corrected chi connectivity index (χ3v) is 3.91. The first kappa shape index (κ1) is 14.9. The molecule has 3 aromatic rings. The monoisotopic (exact) mass is 374 g/mol. The Balaban J connectivity index is 1.85. The number of hydrogen-bond donors (Lipinski definition) is 0. The third kappa shape index (κ3) is 3.23. The summed E-state index contributed by atoms with van der Waals surface area (Å²) in [6, 6.07) is 16.6. The molecule has 0 saturated heterocycles. The lowest BCUT2D eigenvalue weighted by Gasteiger charge is -1.99. The van der Waals surface area contributed by atoms with Crippen molar-refractivity contribution in [3.63, 3.8) is 0 Å². The van der Waals surface area contributed by atoms with Crippen molar-refractivity contribution in [3.05, 3.63) is 69.5 Å². The molecule has 1 aromatic heterocycles. The lowest BCUT2D eigenvalue weighted by Crippen LogP contribution is -2.11. The molecule has 0 aliphatic carbocycles. The maximum absolute atomic E-state index is 12.2. The number of ketones is 1. The fourth-order valence-corrected chi connectivity index (χ4v) is 2.42. The fraction of sp³-hybridized carbons (Fsp3) is 0.0625. The highest BCUT2D eigenvalue weighted by atomic mass is 79.9. The molecular weight excluding hydrogens is 364 g/mol. The molecule has 0 unspecified atom stereocenters. The highest BCUT2D eigenvalue weighted by molar-refractivity contribution is 9.10. The molecule has 0 amide bonds. The van der Waals surface area contributed by atoms with Crippen LogP contribution in [0.15, 0.2) is 63.5 Å². The van der Waals surface area contributed by atoms with Crippen LogP contribution in [0.4, 0.5) is 0 Å². The molecule has 0 saturated carbocycles. The normalized spacial score (nSPS) is 10.6. The molecule has 0 atom stereocenters. The van der Waals surface area contributed by atoms with Gasteiger partial charge in [-0.25, -0.2) is 4.68 Å². The number of Topliss-reactive ketones (excluding diaryl/α,β-unsaturated/α-hetero) is 1. The summed E-state index contributed by atoms with van der Waals surface area (Å²) in [6.07, 6.45) is 0. The molecule has 0 aliphatic heterocycles. The molecule has 0 N–H and O–H groups in total. The van der Waals surface area contributed by atoms with Crippen LogP contribution in [0.3, 0.4) is 0 Å². The van der Waals surface area contributed by atoms with E-state index in [0.29, 0.717) is 11.5 Å². The zero-order valence-electron chi connectivity index (χ0n) is 11.4. The van der Waals surface area contributed by atoms with Crippen molar-refractivity contribution in [2.24, 2.45) is 0 Å². The van der Waals surface area contributed by atoms with Gasteiger partial charge in [0.2, 0.25) is 5.89 Å². The van der Waals surface area contributed by atoms with Crippen LogP contribution in [-0.2, 0) is 6.54 Å². The highest BCUT2D eigenvalue weighted by Crippen LogP contribution is 2.20. The van der Waals surface area contributed by atoms with Crippen LogP contribution in [-0.4, -0.2) is 15.6 Å². The van der Waals surface area contributed by atoms with Crippen molar-refractivity contribution in [3.8, 4) is 11.5 Å². The van der Waals surface area contributed by atoms with Gasteiger partial charge < -0.3 is 4.42 Å². The molecule has 6 heteroatoms. The van der Waals surface area contributed by atoms with E-state index in [-0.39, 0.29) is 17.2 Å². The molecular formula is C16H11BrN2O2S. The Morgan fingerprint density at radius 3 is 2.50 bits per heavy atom. The minimum atomic E-state index is -0.0626. The molecule has 0 spiro atoms. The summed E-state index contributed by atoms with van der Waals surface area (Å²) in [5.41, 5.74) is 1.43. The van der Waals surface area contributed by atoms with Crippen molar-refractivity contribution in [1.82, 2.24) is 9.78 Å². The van der Waals surface area contributed by atoms with Gasteiger partial charge in [0.15, 0.2) is 5.78 Å². The van der Waals surface area contributed by atoms with Crippen molar-refractivity contribution in [2.45, 2.75) is 6.54 Å². The lowest BCUT2D eigenvalue weighted by molar-refractivity contribution is 0.0966. The largest absolute Gasteiger partial charge is 0.409 e. The summed E-state index contributed by atoms with van der Waals surface area (Å²) in [6.45, 7) is 0.0584. The van der Waals surface area contributed by atoms with Gasteiger partial charge in [-0.3, -0.25) is 4.79 Å². The Hall–Kier alpha value is -2.05. The Labute approximate surface area is 140 Å². The number of carbonyl (C=O) groups excluding carboxylic acids is 1. The Bertz CT molecular complexity index is 854. The predicted octanol–water partition coefficient (Wildman–Crippen LogP) is 4.52. The number of halogens is 1. The smallest absolute Gasteiger partial charge is 0.287 e. The summed E-state index contributed by atoms with van der Waals surface area (Å²) in [4.78, 5) is 12.4. The van der Waals surface area contributed by atoms with Crippen molar-refractivity contribution >= 4 is 33.9 Å². The van der Waals surface area contributed by atoms with Crippen LogP contribution in [0.5, 0.6) is 0 Å². The number of rotatable bonds is 4. The first-order chi connectivity index (χ1) is 10.6. The van der Waals surface area contributed by atoms with Gasteiger partial charge >= 0.3 is 0 Å². The quantitative estimate of drug-likeness (QED) is 0.497.